The molecule has 1 aromatic carbocycles. The molecule has 0 atom stereocenters. The number of rotatable bonds is 3. The Morgan fingerprint density at radius 3 is 2.61 bits per heavy atom. The van der Waals surface area contributed by atoms with Gasteiger partial charge in [0.1, 0.15) is 5.15 Å². The summed E-state index contributed by atoms with van der Waals surface area (Å²) >= 11 is 13.7. The van der Waals surface area contributed by atoms with Crippen LogP contribution < -0.4 is 0 Å². The first-order valence-electron chi connectivity index (χ1n) is 5.57. The molecule has 1 nitrogen and oxygen atoms in total. The highest BCUT2D eigenvalue weighted by molar-refractivity contribution is 7.98. The molecule has 0 aliphatic rings. The second kappa shape index (κ2) is 5.96. The average Bonchev–Trinajstić information content (AvgIpc) is 2.32. The number of benzene rings is 1. The van der Waals surface area contributed by atoms with Crippen LogP contribution >= 0.6 is 35.0 Å². The summed E-state index contributed by atoms with van der Waals surface area (Å²) in [6.45, 7) is 4.21. The maximum atomic E-state index is 6.09. The molecule has 4 heteroatoms. The van der Waals surface area contributed by atoms with Crippen LogP contribution in [0.25, 0.3) is 0 Å². The van der Waals surface area contributed by atoms with Gasteiger partial charge in [0.25, 0.3) is 0 Å². The van der Waals surface area contributed by atoms with E-state index in [-0.39, 0.29) is 0 Å². The number of aryl methyl sites for hydroxylation is 2. The van der Waals surface area contributed by atoms with E-state index in [1.807, 2.05) is 0 Å². The monoisotopic (exact) mass is 297 g/mol. The molecule has 0 saturated carbocycles. The lowest BCUT2D eigenvalue weighted by Gasteiger charge is -2.07. The zero-order valence-corrected chi connectivity index (χ0v) is 12.5. The second-order valence-electron chi connectivity index (χ2n) is 4.12. The van der Waals surface area contributed by atoms with E-state index in [1.54, 1.807) is 23.9 Å². The van der Waals surface area contributed by atoms with E-state index in [1.165, 1.54) is 16.0 Å². The Morgan fingerprint density at radius 1 is 1.11 bits per heavy atom. The number of hydrogen-bond donors (Lipinski definition) is 0. The lowest BCUT2D eigenvalue weighted by Crippen LogP contribution is -1.90. The quantitative estimate of drug-likeness (QED) is 0.563. The lowest BCUT2D eigenvalue weighted by atomic mass is 10.2. The maximum Gasteiger partial charge on any atom is 0.129 e. The molecule has 0 aliphatic carbocycles. The number of hydrogen-bond acceptors (Lipinski definition) is 2. The normalized spacial score (nSPS) is 10.7. The van der Waals surface area contributed by atoms with E-state index in [0.29, 0.717) is 10.2 Å². The van der Waals surface area contributed by atoms with Gasteiger partial charge in [-0.25, -0.2) is 4.98 Å². The first kappa shape index (κ1) is 13.7. The van der Waals surface area contributed by atoms with E-state index < -0.39 is 0 Å². The molecule has 0 unspecified atom stereocenters. The van der Waals surface area contributed by atoms with Crippen LogP contribution in [-0.2, 0) is 5.75 Å². The minimum Gasteiger partial charge on any atom is -0.239 e. The minimum atomic E-state index is 0.482. The molecule has 0 bridgehead atoms. The fraction of sp³-hybridized carbons (Fsp3) is 0.214. The number of pyridine rings is 1. The first-order chi connectivity index (χ1) is 8.56. The summed E-state index contributed by atoms with van der Waals surface area (Å²) in [4.78, 5) is 5.50. The molecule has 0 amide bonds. The van der Waals surface area contributed by atoms with Gasteiger partial charge in [0.2, 0.25) is 0 Å². The Labute approximate surface area is 122 Å². The van der Waals surface area contributed by atoms with Crippen molar-refractivity contribution in [3.8, 4) is 0 Å². The number of halogens is 2. The van der Waals surface area contributed by atoms with Gasteiger partial charge in [-0.15, -0.1) is 11.8 Å². The molecule has 0 saturated heterocycles. The summed E-state index contributed by atoms with van der Waals surface area (Å²) < 4.78 is 0. The molecule has 0 fully saturated rings. The van der Waals surface area contributed by atoms with Gasteiger partial charge in [0, 0.05) is 10.6 Å². The summed E-state index contributed by atoms with van der Waals surface area (Å²) in [5.41, 5.74) is 3.38. The summed E-state index contributed by atoms with van der Waals surface area (Å²) in [6.07, 6.45) is 0. The standard InChI is InChI=1S/C14H13Cl2NS/c1-9-3-5-13(10(2)7-9)18-8-12-11(15)4-6-14(16)17-12/h3-7H,8H2,1-2H3. The van der Waals surface area contributed by atoms with Crippen LogP contribution in [0.1, 0.15) is 16.8 Å². The lowest BCUT2D eigenvalue weighted by molar-refractivity contribution is 1.17. The summed E-state index contributed by atoms with van der Waals surface area (Å²) in [7, 11) is 0. The van der Waals surface area contributed by atoms with Crippen molar-refractivity contribution < 1.29 is 0 Å². The van der Waals surface area contributed by atoms with Crippen molar-refractivity contribution in [3.05, 3.63) is 57.3 Å². The molecular formula is C14H13Cl2NS. The fourth-order valence-electron chi connectivity index (χ4n) is 1.67. The first-order valence-corrected chi connectivity index (χ1v) is 7.31. The van der Waals surface area contributed by atoms with Crippen molar-refractivity contribution in [1.29, 1.82) is 0 Å². The Bertz CT molecular complexity index is 570. The molecule has 2 rings (SSSR count). The number of thioether (sulfide) groups is 1. The third-order valence-corrected chi connectivity index (χ3v) is 4.32. The van der Waals surface area contributed by atoms with Crippen molar-refractivity contribution in [2.24, 2.45) is 0 Å². The molecule has 2 aromatic rings. The van der Waals surface area contributed by atoms with E-state index in [9.17, 15) is 0 Å². The van der Waals surface area contributed by atoms with Gasteiger partial charge >= 0.3 is 0 Å². The van der Waals surface area contributed by atoms with Crippen LogP contribution in [0, 0.1) is 13.8 Å². The molecule has 0 radical (unpaired) electrons. The predicted molar refractivity (Wildman–Crippen MR) is 79.7 cm³/mol. The van der Waals surface area contributed by atoms with Crippen LogP contribution in [0.15, 0.2) is 35.2 Å². The smallest absolute Gasteiger partial charge is 0.129 e. The van der Waals surface area contributed by atoms with Crippen LogP contribution in [-0.4, -0.2) is 4.98 Å². The molecular weight excluding hydrogens is 285 g/mol. The van der Waals surface area contributed by atoms with Gasteiger partial charge in [-0.2, -0.15) is 0 Å². The van der Waals surface area contributed by atoms with Crippen LogP contribution in [0.2, 0.25) is 10.2 Å². The molecule has 1 aromatic heterocycles. The minimum absolute atomic E-state index is 0.482. The van der Waals surface area contributed by atoms with E-state index in [0.717, 1.165) is 11.4 Å². The summed E-state index contributed by atoms with van der Waals surface area (Å²) in [5.74, 6) is 0.725. The zero-order valence-electron chi connectivity index (χ0n) is 10.2. The average molecular weight is 298 g/mol. The Morgan fingerprint density at radius 2 is 1.89 bits per heavy atom. The molecule has 0 aliphatic heterocycles. The van der Waals surface area contributed by atoms with E-state index >= 15 is 0 Å². The van der Waals surface area contributed by atoms with Crippen molar-refractivity contribution in [2.45, 2.75) is 24.5 Å². The third-order valence-electron chi connectivity index (χ3n) is 2.58. The fourth-order valence-corrected chi connectivity index (χ4v) is 3.05. The van der Waals surface area contributed by atoms with Crippen molar-refractivity contribution in [3.63, 3.8) is 0 Å². The SMILES string of the molecule is Cc1ccc(SCc2nc(Cl)ccc2Cl)c(C)c1. The Balaban J connectivity index is 2.13. The highest BCUT2D eigenvalue weighted by Crippen LogP contribution is 2.29. The van der Waals surface area contributed by atoms with Gasteiger partial charge in [-0.05, 0) is 37.6 Å². The zero-order chi connectivity index (χ0) is 13.1. The predicted octanol–water partition coefficient (Wildman–Crippen LogP) is 5.30. The summed E-state index contributed by atoms with van der Waals surface area (Å²) in [5, 5.41) is 1.15. The van der Waals surface area contributed by atoms with Gasteiger partial charge in [0.05, 0.1) is 10.7 Å². The van der Waals surface area contributed by atoms with Gasteiger partial charge in [0.15, 0.2) is 0 Å². The second-order valence-corrected chi connectivity index (χ2v) is 5.93. The van der Waals surface area contributed by atoms with Crippen LogP contribution in [0.3, 0.4) is 0 Å². The van der Waals surface area contributed by atoms with Crippen molar-refractivity contribution >= 4 is 35.0 Å². The Hall–Kier alpha value is -0.700. The van der Waals surface area contributed by atoms with E-state index in [2.05, 4.69) is 37.0 Å². The summed E-state index contributed by atoms with van der Waals surface area (Å²) in [6, 6.07) is 9.91. The third kappa shape index (κ3) is 3.41. The van der Waals surface area contributed by atoms with Crippen LogP contribution in [0.5, 0.6) is 0 Å². The van der Waals surface area contributed by atoms with Gasteiger partial charge < -0.3 is 0 Å². The number of nitrogens with zero attached hydrogens (tertiary/aromatic N) is 1. The number of aromatic nitrogens is 1. The largest absolute Gasteiger partial charge is 0.239 e. The van der Waals surface area contributed by atoms with Crippen molar-refractivity contribution in [2.75, 3.05) is 0 Å². The topological polar surface area (TPSA) is 12.9 Å². The molecule has 94 valence electrons. The molecule has 0 N–H and O–H groups in total. The molecule has 18 heavy (non-hydrogen) atoms. The van der Waals surface area contributed by atoms with E-state index in [4.69, 9.17) is 23.2 Å². The van der Waals surface area contributed by atoms with Crippen LogP contribution in [0.4, 0.5) is 0 Å². The maximum absolute atomic E-state index is 6.09. The van der Waals surface area contributed by atoms with Crippen molar-refractivity contribution in [1.82, 2.24) is 4.98 Å². The highest BCUT2D eigenvalue weighted by Gasteiger charge is 2.06. The van der Waals surface area contributed by atoms with Gasteiger partial charge in [-0.3, -0.25) is 0 Å². The Kier molecular flexibility index (Phi) is 4.55. The highest BCUT2D eigenvalue weighted by atomic mass is 35.5. The molecule has 0 spiro atoms. The molecule has 1 heterocycles. The van der Waals surface area contributed by atoms with Gasteiger partial charge in [-0.1, -0.05) is 40.9 Å².